The number of hydrogen-bond donors (Lipinski definition) is 1. The van der Waals surface area contributed by atoms with E-state index < -0.39 is 0 Å². The summed E-state index contributed by atoms with van der Waals surface area (Å²) < 4.78 is 19.6. The summed E-state index contributed by atoms with van der Waals surface area (Å²) in [6.45, 7) is -0.0913. The lowest BCUT2D eigenvalue weighted by atomic mass is 10.1. The molecule has 0 fully saturated rings. The van der Waals surface area contributed by atoms with Gasteiger partial charge in [0.15, 0.2) is 6.61 Å². The van der Waals surface area contributed by atoms with Gasteiger partial charge in [-0.05, 0) is 42.0 Å². The summed E-state index contributed by atoms with van der Waals surface area (Å²) in [6, 6.07) is 16.2. The van der Waals surface area contributed by atoms with Gasteiger partial charge in [0.2, 0.25) is 5.91 Å². The number of ether oxygens (including phenoxy) is 1. The molecule has 2 amide bonds. The summed E-state index contributed by atoms with van der Waals surface area (Å²) in [7, 11) is 0. The van der Waals surface area contributed by atoms with E-state index in [0.29, 0.717) is 38.3 Å². The first-order valence-corrected chi connectivity index (χ1v) is 10.4. The van der Waals surface area contributed by atoms with E-state index in [1.165, 1.54) is 17.0 Å². The van der Waals surface area contributed by atoms with Crippen molar-refractivity contribution in [1.82, 2.24) is 0 Å². The molecule has 1 aliphatic heterocycles. The van der Waals surface area contributed by atoms with Crippen LogP contribution in [0.15, 0.2) is 66.7 Å². The molecule has 0 aliphatic carbocycles. The lowest BCUT2D eigenvalue weighted by Crippen LogP contribution is -2.38. The average molecular weight is 471 g/mol. The van der Waals surface area contributed by atoms with Crippen molar-refractivity contribution in [3.05, 3.63) is 93.7 Å². The quantitative estimate of drug-likeness (QED) is 0.485. The lowest BCUT2D eigenvalue weighted by molar-refractivity contribution is -0.121. The summed E-state index contributed by atoms with van der Waals surface area (Å²) in [5.74, 6) is -0.611. The molecule has 0 saturated heterocycles. The number of carbonyl (C=O) groups is 2. The highest BCUT2D eigenvalue weighted by molar-refractivity contribution is 6.35. The van der Waals surface area contributed by atoms with E-state index >= 15 is 0 Å². The number of hydrogen-bond acceptors (Lipinski definition) is 3. The molecule has 4 rings (SSSR count). The molecule has 8 heteroatoms. The second-order valence-corrected chi connectivity index (χ2v) is 7.87. The summed E-state index contributed by atoms with van der Waals surface area (Å²) in [6.07, 6.45) is 2.93. The molecule has 0 unspecified atom stereocenters. The molecule has 32 heavy (non-hydrogen) atoms. The Bertz CT molecular complexity index is 1230. The Hall–Kier alpha value is -3.35. The number of carbonyl (C=O) groups excluding carboxylic acids is 2. The van der Waals surface area contributed by atoms with Crippen molar-refractivity contribution in [1.29, 1.82) is 0 Å². The van der Waals surface area contributed by atoms with Crippen LogP contribution < -0.4 is 15.0 Å². The Morgan fingerprint density at radius 1 is 1.12 bits per heavy atom. The minimum atomic E-state index is -0.384. The van der Waals surface area contributed by atoms with Crippen LogP contribution in [0, 0.1) is 5.82 Å². The zero-order chi connectivity index (χ0) is 22.7. The smallest absolute Gasteiger partial charge is 0.265 e. The van der Waals surface area contributed by atoms with Crippen molar-refractivity contribution >= 4 is 52.5 Å². The van der Waals surface area contributed by atoms with Crippen LogP contribution in [0.5, 0.6) is 5.75 Å². The zero-order valence-electron chi connectivity index (χ0n) is 16.6. The molecule has 0 aromatic heterocycles. The fourth-order valence-electron chi connectivity index (χ4n) is 3.24. The van der Waals surface area contributed by atoms with E-state index in [0.717, 1.165) is 0 Å². The molecule has 5 nitrogen and oxygen atoms in total. The normalized spacial score (nSPS) is 13.1. The van der Waals surface area contributed by atoms with Crippen molar-refractivity contribution in [2.24, 2.45) is 0 Å². The highest BCUT2D eigenvalue weighted by Crippen LogP contribution is 2.35. The molecular weight excluding hydrogens is 454 g/mol. The first kappa shape index (κ1) is 21.9. The van der Waals surface area contributed by atoms with Crippen LogP contribution in [0.4, 0.5) is 15.8 Å². The minimum absolute atomic E-state index is 0.0815. The summed E-state index contributed by atoms with van der Waals surface area (Å²) in [5.41, 5.74) is 2.05. The Kier molecular flexibility index (Phi) is 6.44. The van der Waals surface area contributed by atoms with Crippen molar-refractivity contribution < 1.29 is 18.7 Å². The average Bonchev–Trinajstić information content (AvgIpc) is 2.76. The molecule has 1 N–H and O–H groups in total. The van der Waals surface area contributed by atoms with Crippen LogP contribution in [0.2, 0.25) is 10.0 Å². The fraction of sp³-hybridized carbons (Fsp3) is 0.0833. The first-order chi connectivity index (χ1) is 15.4. The van der Waals surface area contributed by atoms with Gasteiger partial charge in [-0.3, -0.25) is 9.59 Å². The maximum Gasteiger partial charge on any atom is 0.265 e. The number of halogens is 3. The van der Waals surface area contributed by atoms with Crippen LogP contribution >= 0.6 is 23.2 Å². The van der Waals surface area contributed by atoms with Crippen LogP contribution in [-0.2, 0) is 16.1 Å². The number of anilines is 2. The highest BCUT2D eigenvalue weighted by Gasteiger charge is 2.26. The maximum absolute atomic E-state index is 14.1. The second kappa shape index (κ2) is 9.42. The standard InChI is InChI=1S/C24H17Cl2FN2O3/c25-17-7-5-15(19(26)11-17)6-10-23(30)28-18-8-9-21-22(12-18)32-14-24(31)29(21)13-16-3-1-2-4-20(16)27/h1-12H,13-14H2,(H,28,30)/b10-6+. The van der Waals surface area contributed by atoms with Crippen LogP contribution in [0.25, 0.3) is 6.08 Å². The summed E-state index contributed by atoms with van der Waals surface area (Å²) in [4.78, 5) is 26.2. The topological polar surface area (TPSA) is 58.6 Å². The maximum atomic E-state index is 14.1. The Labute approximate surface area is 194 Å². The van der Waals surface area contributed by atoms with E-state index in [4.69, 9.17) is 27.9 Å². The molecule has 0 bridgehead atoms. The number of amides is 2. The molecule has 0 saturated carbocycles. The molecule has 0 atom stereocenters. The largest absolute Gasteiger partial charge is 0.481 e. The predicted molar refractivity (Wildman–Crippen MR) is 124 cm³/mol. The van der Waals surface area contributed by atoms with E-state index in [1.54, 1.807) is 60.7 Å². The van der Waals surface area contributed by atoms with Crippen molar-refractivity contribution in [2.75, 3.05) is 16.8 Å². The Morgan fingerprint density at radius 3 is 2.72 bits per heavy atom. The predicted octanol–water partition coefficient (Wildman–Crippen LogP) is 5.71. The monoisotopic (exact) mass is 470 g/mol. The number of fused-ring (bicyclic) bond motifs is 1. The summed E-state index contributed by atoms with van der Waals surface area (Å²) in [5, 5.41) is 3.68. The third-order valence-electron chi connectivity index (χ3n) is 4.83. The van der Waals surface area contributed by atoms with Crippen molar-refractivity contribution in [2.45, 2.75) is 6.54 Å². The minimum Gasteiger partial charge on any atom is -0.481 e. The van der Waals surface area contributed by atoms with E-state index in [1.807, 2.05) is 0 Å². The lowest BCUT2D eigenvalue weighted by Gasteiger charge is -2.30. The van der Waals surface area contributed by atoms with E-state index in [9.17, 15) is 14.0 Å². The van der Waals surface area contributed by atoms with Crippen LogP contribution in [0.3, 0.4) is 0 Å². The number of nitrogens with one attached hydrogen (secondary N) is 1. The molecule has 1 aliphatic rings. The number of nitrogens with zero attached hydrogens (tertiary/aromatic N) is 1. The van der Waals surface area contributed by atoms with E-state index in [-0.39, 0.29) is 30.8 Å². The molecule has 0 radical (unpaired) electrons. The van der Waals surface area contributed by atoms with E-state index in [2.05, 4.69) is 5.32 Å². The highest BCUT2D eigenvalue weighted by atomic mass is 35.5. The molecule has 162 valence electrons. The zero-order valence-corrected chi connectivity index (χ0v) is 18.2. The van der Waals surface area contributed by atoms with Gasteiger partial charge in [-0.2, -0.15) is 0 Å². The van der Waals surface area contributed by atoms with Gasteiger partial charge < -0.3 is 15.0 Å². The Balaban J connectivity index is 1.49. The SMILES string of the molecule is O=C(/C=C/c1ccc(Cl)cc1Cl)Nc1ccc2c(c1)OCC(=O)N2Cc1ccccc1F. The van der Waals surface area contributed by atoms with Gasteiger partial charge >= 0.3 is 0 Å². The van der Waals surface area contributed by atoms with Gasteiger partial charge in [-0.25, -0.2) is 4.39 Å². The van der Waals surface area contributed by atoms with Crippen molar-refractivity contribution in [3.63, 3.8) is 0 Å². The molecular formula is C24H17Cl2FN2O3. The van der Waals surface area contributed by atoms with Crippen LogP contribution in [0.1, 0.15) is 11.1 Å². The number of benzene rings is 3. The van der Waals surface area contributed by atoms with Gasteiger partial charge in [-0.15, -0.1) is 0 Å². The molecule has 3 aromatic carbocycles. The first-order valence-electron chi connectivity index (χ1n) is 9.65. The van der Waals surface area contributed by atoms with Crippen molar-refractivity contribution in [3.8, 4) is 5.75 Å². The van der Waals surface area contributed by atoms with Crippen LogP contribution in [-0.4, -0.2) is 18.4 Å². The van der Waals surface area contributed by atoms with Gasteiger partial charge in [0.25, 0.3) is 5.91 Å². The second-order valence-electron chi connectivity index (χ2n) is 7.03. The Morgan fingerprint density at radius 2 is 1.94 bits per heavy atom. The molecule has 3 aromatic rings. The van der Waals surface area contributed by atoms with Gasteiger partial charge in [0.1, 0.15) is 11.6 Å². The fourth-order valence-corrected chi connectivity index (χ4v) is 3.71. The van der Waals surface area contributed by atoms with Gasteiger partial charge in [0.05, 0.1) is 12.2 Å². The summed E-state index contributed by atoms with van der Waals surface area (Å²) >= 11 is 12.0. The molecule has 0 spiro atoms. The van der Waals surface area contributed by atoms with Gasteiger partial charge in [0, 0.05) is 33.4 Å². The number of rotatable bonds is 5. The van der Waals surface area contributed by atoms with Gasteiger partial charge in [-0.1, -0.05) is 47.5 Å². The third-order valence-corrected chi connectivity index (χ3v) is 5.40. The third kappa shape index (κ3) is 4.93. The molecule has 1 heterocycles.